The number of esters is 2. The molecule has 0 aliphatic rings. The summed E-state index contributed by atoms with van der Waals surface area (Å²) in [6.45, 7) is 3.79. The Hall–Kier alpha value is -1.25. The molecule has 0 aromatic carbocycles. The molecular weight excluding hydrogens is 786 g/mol. The van der Waals surface area contributed by atoms with Crippen LogP contribution in [0.3, 0.4) is 0 Å². The highest BCUT2D eigenvalue weighted by Crippen LogP contribution is 2.43. The van der Waals surface area contributed by atoms with Crippen molar-refractivity contribution >= 4 is 19.8 Å². The average molecular weight is 886 g/mol. The Labute approximate surface area is 377 Å². The summed E-state index contributed by atoms with van der Waals surface area (Å²) in [5.74, 6) is -0.811. The van der Waals surface area contributed by atoms with Crippen LogP contribution in [-0.2, 0) is 32.7 Å². The third-order valence-corrected chi connectivity index (χ3v) is 12.6. The lowest BCUT2D eigenvalue weighted by atomic mass is 10.0. The fourth-order valence-electron chi connectivity index (χ4n) is 7.75. The Morgan fingerprint density at radius 3 is 1.16 bits per heavy atom. The molecular formula is C51H100NO8P. The average Bonchev–Trinajstić information content (AvgIpc) is 3.25. The Morgan fingerprint density at radius 1 is 0.475 bits per heavy atom. The van der Waals surface area contributed by atoms with Crippen LogP contribution < -0.4 is 5.73 Å². The minimum Gasteiger partial charge on any atom is -0.462 e. The van der Waals surface area contributed by atoms with E-state index in [0.717, 1.165) is 32.1 Å². The second-order valence-electron chi connectivity index (χ2n) is 17.8. The standard InChI is InChI=1S/C51H100NO8P/c1-3-5-7-9-11-13-15-17-19-21-23-24-26-27-29-31-33-35-37-39-41-43-50(53)57-47-49(48-59-61(55,56)58-46-45-52)60-51(54)44-42-40-38-36-34-32-30-28-25-22-20-18-16-14-12-10-8-6-4-2/h17,19,49H,3-16,18,20-48,52H2,1-2H3,(H,55,56)/b19-17-/t49-/m1/s1. The van der Waals surface area contributed by atoms with E-state index in [2.05, 4.69) is 26.0 Å². The van der Waals surface area contributed by atoms with Gasteiger partial charge < -0.3 is 20.1 Å². The van der Waals surface area contributed by atoms with E-state index in [1.807, 2.05) is 0 Å². The third-order valence-electron chi connectivity index (χ3n) is 11.7. The number of hydrogen-bond acceptors (Lipinski definition) is 8. The number of hydrogen-bond donors (Lipinski definition) is 2. The lowest BCUT2D eigenvalue weighted by Crippen LogP contribution is -2.29. The molecule has 0 aromatic heterocycles. The summed E-state index contributed by atoms with van der Waals surface area (Å²) in [5.41, 5.74) is 5.37. The first kappa shape index (κ1) is 59.8. The Morgan fingerprint density at radius 2 is 0.803 bits per heavy atom. The molecule has 0 bridgehead atoms. The van der Waals surface area contributed by atoms with E-state index < -0.39 is 26.5 Å². The largest absolute Gasteiger partial charge is 0.472 e. The smallest absolute Gasteiger partial charge is 0.462 e. The highest BCUT2D eigenvalue weighted by molar-refractivity contribution is 7.47. The number of unbranched alkanes of at least 4 members (excludes halogenated alkanes) is 35. The number of allylic oxidation sites excluding steroid dienone is 2. The third kappa shape index (κ3) is 48.1. The van der Waals surface area contributed by atoms with Crippen molar-refractivity contribution in [2.75, 3.05) is 26.4 Å². The molecule has 0 aliphatic heterocycles. The molecule has 0 saturated heterocycles. The maximum absolute atomic E-state index is 12.7. The molecule has 10 heteroatoms. The van der Waals surface area contributed by atoms with E-state index in [1.165, 1.54) is 205 Å². The second kappa shape index (κ2) is 48.2. The number of nitrogens with two attached hydrogens (primary N) is 1. The number of ether oxygens (including phenoxy) is 2. The van der Waals surface area contributed by atoms with Gasteiger partial charge >= 0.3 is 19.8 Å². The van der Waals surface area contributed by atoms with Crippen LogP contribution in [0.4, 0.5) is 0 Å². The van der Waals surface area contributed by atoms with Gasteiger partial charge in [-0.15, -0.1) is 0 Å². The van der Waals surface area contributed by atoms with Gasteiger partial charge in [-0.3, -0.25) is 18.6 Å². The summed E-state index contributed by atoms with van der Waals surface area (Å²) in [4.78, 5) is 35.1. The van der Waals surface area contributed by atoms with Gasteiger partial charge in [0.05, 0.1) is 13.2 Å². The normalized spacial score (nSPS) is 13.2. The highest BCUT2D eigenvalue weighted by atomic mass is 31.2. The molecule has 0 heterocycles. The van der Waals surface area contributed by atoms with Gasteiger partial charge in [0, 0.05) is 19.4 Å². The van der Waals surface area contributed by atoms with Crippen molar-refractivity contribution < 1.29 is 37.6 Å². The monoisotopic (exact) mass is 886 g/mol. The summed E-state index contributed by atoms with van der Waals surface area (Å²) in [6, 6.07) is 0. The van der Waals surface area contributed by atoms with Gasteiger partial charge in [-0.05, 0) is 38.5 Å². The van der Waals surface area contributed by atoms with Crippen LogP contribution in [0.25, 0.3) is 0 Å². The summed E-state index contributed by atoms with van der Waals surface area (Å²) < 4.78 is 33.0. The molecule has 2 atom stereocenters. The molecule has 0 radical (unpaired) electrons. The molecule has 0 rings (SSSR count). The molecule has 61 heavy (non-hydrogen) atoms. The SMILES string of the molecule is CCCCCCCC/C=C\CCCCCCCCCCCCCC(=O)OC[C@H](COP(=O)(O)OCCN)OC(=O)CCCCCCCCCCCCCCCCCCCCC. The summed E-state index contributed by atoms with van der Waals surface area (Å²) >= 11 is 0. The van der Waals surface area contributed by atoms with E-state index in [9.17, 15) is 19.0 Å². The molecule has 362 valence electrons. The lowest BCUT2D eigenvalue weighted by molar-refractivity contribution is -0.161. The van der Waals surface area contributed by atoms with Crippen LogP contribution in [0.5, 0.6) is 0 Å². The van der Waals surface area contributed by atoms with Crippen LogP contribution in [0, 0.1) is 0 Å². The quantitative estimate of drug-likeness (QED) is 0.0265. The zero-order chi connectivity index (χ0) is 44.6. The number of phosphoric acid groups is 1. The number of carbonyl (C=O) groups excluding carboxylic acids is 2. The van der Waals surface area contributed by atoms with Crippen molar-refractivity contribution in [2.24, 2.45) is 5.73 Å². The molecule has 0 aromatic rings. The molecule has 1 unspecified atom stereocenters. The molecule has 3 N–H and O–H groups in total. The van der Waals surface area contributed by atoms with Gasteiger partial charge in [0.25, 0.3) is 0 Å². The zero-order valence-corrected chi connectivity index (χ0v) is 41.1. The Balaban J connectivity index is 3.99. The molecule has 9 nitrogen and oxygen atoms in total. The minimum atomic E-state index is -4.38. The first-order chi connectivity index (χ1) is 29.8. The van der Waals surface area contributed by atoms with Crippen molar-refractivity contribution in [3.8, 4) is 0 Å². The van der Waals surface area contributed by atoms with E-state index in [4.69, 9.17) is 24.3 Å². The number of rotatable bonds is 50. The van der Waals surface area contributed by atoms with Crippen molar-refractivity contribution in [1.82, 2.24) is 0 Å². The minimum absolute atomic E-state index is 0.0568. The van der Waals surface area contributed by atoms with Gasteiger partial charge in [0.2, 0.25) is 0 Å². The van der Waals surface area contributed by atoms with Gasteiger partial charge in [-0.25, -0.2) is 4.57 Å². The fourth-order valence-corrected chi connectivity index (χ4v) is 8.52. The van der Waals surface area contributed by atoms with Gasteiger partial charge in [0.15, 0.2) is 6.10 Å². The van der Waals surface area contributed by atoms with Crippen molar-refractivity contribution in [1.29, 1.82) is 0 Å². The first-order valence-electron chi connectivity index (χ1n) is 26.2. The summed E-state index contributed by atoms with van der Waals surface area (Å²) in [7, 11) is -4.38. The fraction of sp³-hybridized carbons (Fsp3) is 0.922. The zero-order valence-electron chi connectivity index (χ0n) is 40.2. The van der Waals surface area contributed by atoms with Gasteiger partial charge in [-0.2, -0.15) is 0 Å². The van der Waals surface area contributed by atoms with Gasteiger partial charge in [-0.1, -0.05) is 231 Å². The van der Waals surface area contributed by atoms with E-state index >= 15 is 0 Å². The summed E-state index contributed by atoms with van der Waals surface area (Å²) in [6.07, 6.45) is 52.5. The lowest BCUT2D eigenvalue weighted by Gasteiger charge is -2.19. The highest BCUT2D eigenvalue weighted by Gasteiger charge is 2.26. The predicted molar refractivity (Wildman–Crippen MR) is 257 cm³/mol. The maximum atomic E-state index is 12.7. The number of carbonyl (C=O) groups is 2. The second-order valence-corrected chi connectivity index (χ2v) is 19.2. The van der Waals surface area contributed by atoms with Crippen LogP contribution in [0.1, 0.15) is 271 Å². The van der Waals surface area contributed by atoms with E-state index in [-0.39, 0.29) is 38.6 Å². The van der Waals surface area contributed by atoms with Crippen molar-refractivity contribution in [3.05, 3.63) is 12.2 Å². The van der Waals surface area contributed by atoms with Crippen LogP contribution >= 0.6 is 7.82 Å². The molecule has 0 spiro atoms. The van der Waals surface area contributed by atoms with Crippen molar-refractivity contribution in [3.63, 3.8) is 0 Å². The maximum Gasteiger partial charge on any atom is 0.472 e. The Bertz CT molecular complexity index is 1010. The molecule has 0 amide bonds. The summed E-state index contributed by atoms with van der Waals surface area (Å²) in [5, 5.41) is 0. The molecule has 0 aliphatic carbocycles. The van der Waals surface area contributed by atoms with Crippen LogP contribution in [0.15, 0.2) is 12.2 Å². The number of phosphoric ester groups is 1. The predicted octanol–water partition coefficient (Wildman–Crippen LogP) is 15.7. The topological polar surface area (TPSA) is 134 Å². The van der Waals surface area contributed by atoms with Crippen molar-refractivity contribution in [2.45, 2.75) is 277 Å². The van der Waals surface area contributed by atoms with Crippen LogP contribution in [0.2, 0.25) is 0 Å². The van der Waals surface area contributed by atoms with E-state index in [1.54, 1.807) is 0 Å². The van der Waals surface area contributed by atoms with E-state index in [0.29, 0.717) is 6.42 Å². The van der Waals surface area contributed by atoms with Crippen LogP contribution in [-0.4, -0.2) is 49.3 Å². The van der Waals surface area contributed by atoms with Gasteiger partial charge in [0.1, 0.15) is 6.61 Å². The molecule has 0 fully saturated rings. The molecule has 0 saturated carbocycles. The Kier molecular flexibility index (Phi) is 47.2. The first-order valence-corrected chi connectivity index (χ1v) is 27.7.